The Balaban J connectivity index is 1.73. The van der Waals surface area contributed by atoms with Crippen LogP contribution in [-0.4, -0.2) is 29.9 Å². The number of rotatable bonds is 8. The molecule has 0 saturated heterocycles. The molecule has 5 nitrogen and oxygen atoms in total. The summed E-state index contributed by atoms with van der Waals surface area (Å²) in [6, 6.07) is 14.9. The first kappa shape index (κ1) is 20.2. The van der Waals surface area contributed by atoms with E-state index in [1.165, 1.54) is 6.92 Å². The Morgan fingerprint density at radius 3 is 2.32 bits per heavy atom. The maximum Gasteiger partial charge on any atom is 0.225 e. The smallest absolute Gasteiger partial charge is 0.225 e. The summed E-state index contributed by atoms with van der Waals surface area (Å²) in [5.41, 5.74) is 1.93. The van der Waals surface area contributed by atoms with Gasteiger partial charge in [0.1, 0.15) is 5.75 Å². The highest BCUT2D eigenvalue weighted by Crippen LogP contribution is 2.31. The van der Waals surface area contributed by atoms with Crippen LogP contribution in [0.3, 0.4) is 0 Å². The van der Waals surface area contributed by atoms with E-state index in [1.807, 2.05) is 41.3 Å². The van der Waals surface area contributed by atoms with Crippen molar-refractivity contribution in [2.45, 2.75) is 44.8 Å². The van der Waals surface area contributed by atoms with Gasteiger partial charge in [0.2, 0.25) is 11.8 Å². The van der Waals surface area contributed by atoms with Gasteiger partial charge in [-0.25, -0.2) is 0 Å². The number of nitrogens with one attached hydrogen (secondary N) is 1. The fourth-order valence-electron chi connectivity index (χ4n) is 3.22. The fraction of sp³-hybridized carbons (Fsp3) is 0.364. The highest BCUT2D eigenvalue weighted by molar-refractivity contribution is 6.30. The van der Waals surface area contributed by atoms with Crippen molar-refractivity contribution in [1.29, 1.82) is 0 Å². The minimum absolute atomic E-state index is 0.0343. The van der Waals surface area contributed by atoms with Gasteiger partial charge in [0.25, 0.3) is 0 Å². The molecular formula is C22H25ClN2O3. The van der Waals surface area contributed by atoms with Crippen molar-refractivity contribution in [2.75, 3.05) is 7.11 Å². The van der Waals surface area contributed by atoms with Crippen LogP contribution in [0.2, 0.25) is 5.02 Å². The Morgan fingerprint density at radius 2 is 1.79 bits per heavy atom. The van der Waals surface area contributed by atoms with Crippen LogP contribution in [-0.2, 0) is 16.1 Å². The molecule has 0 aromatic heterocycles. The fourth-order valence-corrected chi connectivity index (χ4v) is 3.35. The minimum Gasteiger partial charge on any atom is -0.497 e. The van der Waals surface area contributed by atoms with Crippen molar-refractivity contribution >= 4 is 23.4 Å². The third-order valence-corrected chi connectivity index (χ3v) is 5.10. The maximum atomic E-state index is 13.1. The molecule has 6 heteroatoms. The Bertz CT molecular complexity index is 817. The lowest BCUT2D eigenvalue weighted by atomic mass is 10.0. The summed E-state index contributed by atoms with van der Waals surface area (Å²) in [4.78, 5) is 26.7. The highest BCUT2D eigenvalue weighted by Gasteiger charge is 2.33. The highest BCUT2D eigenvalue weighted by atomic mass is 35.5. The van der Waals surface area contributed by atoms with Gasteiger partial charge in [0, 0.05) is 24.5 Å². The number of carbonyl (C=O) groups is 2. The topological polar surface area (TPSA) is 58.6 Å². The third kappa shape index (κ3) is 5.49. The van der Waals surface area contributed by atoms with E-state index in [0.717, 1.165) is 29.7 Å². The van der Waals surface area contributed by atoms with Gasteiger partial charge >= 0.3 is 0 Å². The van der Waals surface area contributed by atoms with Crippen LogP contribution >= 0.6 is 11.6 Å². The van der Waals surface area contributed by atoms with Crippen LogP contribution in [0.15, 0.2) is 48.5 Å². The normalized spacial score (nSPS) is 14.2. The molecule has 2 aromatic rings. The molecule has 3 rings (SSSR count). The quantitative estimate of drug-likeness (QED) is 0.725. The SMILES string of the molecule is COc1ccc(CN(C(=O)C[C@H](NC(C)=O)c2ccc(Cl)cc2)C2CC2)cc1. The predicted molar refractivity (Wildman–Crippen MR) is 109 cm³/mol. The number of ether oxygens (including phenoxy) is 1. The summed E-state index contributed by atoms with van der Waals surface area (Å²) in [7, 11) is 1.63. The molecule has 1 aliphatic carbocycles. The van der Waals surface area contributed by atoms with Gasteiger partial charge < -0.3 is 15.0 Å². The third-order valence-electron chi connectivity index (χ3n) is 4.85. The summed E-state index contributed by atoms with van der Waals surface area (Å²) < 4.78 is 5.20. The van der Waals surface area contributed by atoms with E-state index in [-0.39, 0.29) is 30.3 Å². The average Bonchev–Trinajstić information content (AvgIpc) is 3.51. The zero-order valence-electron chi connectivity index (χ0n) is 16.2. The first-order valence-corrected chi connectivity index (χ1v) is 9.79. The lowest BCUT2D eigenvalue weighted by Crippen LogP contribution is -2.36. The van der Waals surface area contributed by atoms with Crippen molar-refractivity contribution in [2.24, 2.45) is 0 Å². The van der Waals surface area contributed by atoms with Crippen molar-refractivity contribution in [3.8, 4) is 5.75 Å². The molecule has 2 aromatic carbocycles. The first-order chi connectivity index (χ1) is 13.5. The van der Waals surface area contributed by atoms with E-state index in [4.69, 9.17) is 16.3 Å². The zero-order chi connectivity index (χ0) is 20.1. The summed E-state index contributed by atoms with van der Waals surface area (Å²) in [6.07, 6.45) is 2.26. The molecule has 0 aliphatic heterocycles. The largest absolute Gasteiger partial charge is 0.497 e. The number of hydrogen-bond acceptors (Lipinski definition) is 3. The Kier molecular flexibility index (Phi) is 6.57. The average molecular weight is 401 g/mol. The molecule has 0 radical (unpaired) electrons. The molecular weight excluding hydrogens is 376 g/mol. The van der Waals surface area contributed by atoms with E-state index in [9.17, 15) is 9.59 Å². The molecule has 0 heterocycles. The molecule has 1 aliphatic rings. The van der Waals surface area contributed by atoms with Crippen LogP contribution in [0.5, 0.6) is 5.75 Å². The van der Waals surface area contributed by atoms with Gasteiger partial charge in [0.05, 0.1) is 19.6 Å². The van der Waals surface area contributed by atoms with E-state index in [0.29, 0.717) is 11.6 Å². The Labute approximate surface area is 170 Å². The maximum absolute atomic E-state index is 13.1. The van der Waals surface area contributed by atoms with Gasteiger partial charge in [-0.15, -0.1) is 0 Å². The monoisotopic (exact) mass is 400 g/mol. The second kappa shape index (κ2) is 9.11. The second-order valence-corrected chi connectivity index (χ2v) is 7.55. The van der Waals surface area contributed by atoms with Gasteiger partial charge in [-0.2, -0.15) is 0 Å². The van der Waals surface area contributed by atoms with Crippen molar-refractivity contribution in [3.05, 3.63) is 64.7 Å². The summed E-state index contributed by atoms with van der Waals surface area (Å²) in [5, 5.41) is 3.51. The van der Waals surface area contributed by atoms with Crippen LogP contribution in [0, 0.1) is 0 Å². The standard InChI is InChI=1S/C22H25ClN2O3/c1-15(26)24-21(17-5-7-18(23)8-6-17)13-22(27)25(19-9-10-19)14-16-3-11-20(28-2)12-4-16/h3-8,11-12,19,21H,9-10,13-14H2,1-2H3,(H,24,26)/t21-/m0/s1. The summed E-state index contributed by atoms with van der Waals surface area (Å²) in [5.74, 6) is 0.661. The summed E-state index contributed by atoms with van der Waals surface area (Å²) >= 11 is 5.97. The first-order valence-electron chi connectivity index (χ1n) is 9.41. The Hall–Kier alpha value is -2.53. The van der Waals surface area contributed by atoms with Crippen LogP contribution in [0.25, 0.3) is 0 Å². The number of methoxy groups -OCH3 is 1. The zero-order valence-corrected chi connectivity index (χ0v) is 16.9. The molecule has 28 heavy (non-hydrogen) atoms. The molecule has 1 fully saturated rings. The molecule has 1 N–H and O–H groups in total. The predicted octanol–water partition coefficient (Wildman–Crippen LogP) is 4.11. The number of benzene rings is 2. The van der Waals surface area contributed by atoms with Crippen molar-refractivity contribution in [3.63, 3.8) is 0 Å². The summed E-state index contributed by atoms with van der Waals surface area (Å²) in [6.45, 7) is 2.02. The van der Waals surface area contributed by atoms with Crippen LogP contribution < -0.4 is 10.1 Å². The lowest BCUT2D eigenvalue weighted by Gasteiger charge is -2.26. The van der Waals surface area contributed by atoms with Crippen LogP contribution in [0.4, 0.5) is 0 Å². The van der Waals surface area contributed by atoms with E-state index >= 15 is 0 Å². The molecule has 1 saturated carbocycles. The van der Waals surface area contributed by atoms with Gasteiger partial charge in [0.15, 0.2) is 0 Å². The second-order valence-electron chi connectivity index (χ2n) is 7.11. The van der Waals surface area contributed by atoms with Crippen LogP contribution in [0.1, 0.15) is 43.4 Å². The van der Waals surface area contributed by atoms with Crippen molar-refractivity contribution in [1.82, 2.24) is 10.2 Å². The molecule has 0 unspecified atom stereocenters. The minimum atomic E-state index is -0.376. The Morgan fingerprint density at radius 1 is 1.14 bits per heavy atom. The number of halogens is 1. The molecule has 1 atom stereocenters. The molecule has 0 bridgehead atoms. The number of hydrogen-bond donors (Lipinski definition) is 1. The number of nitrogens with zero attached hydrogens (tertiary/aromatic N) is 1. The number of carbonyl (C=O) groups excluding carboxylic acids is 2. The number of amides is 2. The van der Waals surface area contributed by atoms with E-state index < -0.39 is 0 Å². The lowest BCUT2D eigenvalue weighted by molar-refractivity contribution is -0.133. The van der Waals surface area contributed by atoms with Crippen molar-refractivity contribution < 1.29 is 14.3 Å². The van der Waals surface area contributed by atoms with Gasteiger partial charge in [-0.1, -0.05) is 35.9 Å². The van der Waals surface area contributed by atoms with Gasteiger partial charge in [-0.3, -0.25) is 9.59 Å². The molecule has 0 spiro atoms. The molecule has 2 amide bonds. The van der Waals surface area contributed by atoms with Gasteiger partial charge in [-0.05, 0) is 48.2 Å². The van der Waals surface area contributed by atoms with E-state index in [2.05, 4.69) is 5.32 Å². The van der Waals surface area contributed by atoms with E-state index in [1.54, 1.807) is 19.2 Å². The molecule has 148 valence electrons.